The quantitative estimate of drug-likeness (QED) is 0.363. The molecule has 2 nitrogen and oxygen atoms in total. The Labute approximate surface area is 99.7 Å². The van der Waals surface area contributed by atoms with E-state index in [-0.39, 0.29) is 0 Å². The highest BCUT2D eigenvalue weighted by atomic mass is 32.3. The molecule has 0 atom stereocenters. The molecular weight excluding hydrogens is 312 g/mol. The lowest BCUT2D eigenvalue weighted by Crippen LogP contribution is -2.10. The van der Waals surface area contributed by atoms with Gasteiger partial charge in [-0.3, -0.25) is 0 Å². The molecule has 0 spiro atoms. The molecule has 11 heteroatoms. The van der Waals surface area contributed by atoms with Crippen LogP contribution in [0.5, 0.6) is 0 Å². The van der Waals surface area contributed by atoms with E-state index in [1.54, 1.807) is 0 Å². The van der Waals surface area contributed by atoms with Crippen LogP contribution in [0.25, 0.3) is 5.83 Å². The largest absolute Gasteiger partial charge is 0.335 e. The first-order valence-corrected chi connectivity index (χ1v) is 5.40. The molecule has 0 aliphatic carbocycles. The number of halogens is 8. The Morgan fingerprint density at radius 2 is 1.21 bits per heavy atom. The maximum absolute atomic E-state index is 13.0. The summed E-state index contributed by atoms with van der Waals surface area (Å²) in [4.78, 5) is -2.69. The van der Waals surface area contributed by atoms with Crippen molar-refractivity contribution in [1.29, 1.82) is 0 Å². The van der Waals surface area contributed by atoms with Crippen LogP contribution in [0.1, 0.15) is 5.56 Å². The summed E-state index contributed by atoms with van der Waals surface area (Å²) in [7, 11) is -6.33. The first-order valence-electron chi connectivity index (χ1n) is 4.01. The Bertz CT molecular complexity index is 675. The molecule has 0 heterocycles. The van der Waals surface area contributed by atoms with Gasteiger partial charge in [0.15, 0.2) is 34.0 Å². The molecule has 0 bridgehead atoms. The van der Waals surface area contributed by atoms with Gasteiger partial charge in [0.1, 0.15) is 0 Å². The highest BCUT2D eigenvalue weighted by Gasteiger charge is 2.36. The SMILES string of the molecule is O=S(=O)(F)c1c(F)c(F)c(F)c(F)c1C(F)=C(F)F. The number of benzene rings is 1. The van der Waals surface area contributed by atoms with Crippen molar-refractivity contribution in [2.45, 2.75) is 4.90 Å². The van der Waals surface area contributed by atoms with Gasteiger partial charge in [-0.05, 0) is 0 Å². The number of hydrogen-bond acceptors (Lipinski definition) is 2. The predicted octanol–water partition coefficient (Wildman–Crippen LogP) is 3.44. The van der Waals surface area contributed by atoms with Crippen LogP contribution in [0.2, 0.25) is 0 Å². The molecule has 0 aliphatic rings. The van der Waals surface area contributed by atoms with Crippen molar-refractivity contribution < 1.29 is 43.0 Å². The van der Waals surface area contributed by atoms with Crippen LogP contribution in [-0.4, -0.2) is 8.42 Å². The molecule has 0 aromatic heterocycles. The lowest BCUT2D eigenvalue weighted by Gasteiger charge is -2.08. The minimum absolute atomic E-state index is 2.56. The van der Waals surface area contributed by atoms with Gasteiger partial charge in [-0.1, -0.05) is 0 Å². The van der Waals surface area contributed by atoms with E-state index in [0.29, 0.717) is 0 Å². The van der Waals surface area contributed by atoms with Crippen LogP contribution in [-0.2, 0) is 10.2 Å². The van der Waals surface area contributed by atoms with Crippen LogP contribution in [0.4, 0.5) is 34.6 Å². The fourth-order valence-corrected chi connectivity index (χ4v) is 1.86. The van der Waals surface area contributed by atoms with Gasteiger partial charge >= 0.3 is 16.3 Å². The topological polar surface area (TPSA) is 34.1 Å². The fourth-order valence-electron chi connectivity index (χ4n) is 1.13. The van der Waals surface area contributed by atoms with Crippen LogP contribution < -0.4 is 0 Å². The monoisotopic (exact) mass is 312 g/mol. The molecule has 0 N–H and O–H groups in total. The van der Waals surface area contributed by atoms with Crippen molar-refractivity contribution in [3.8, 4) is 0 Å². The summed E-state index contributed by atoms with van der Waals surface area (Å²) in [6, 6.07) is 0. The van der Waals surface area contributed by atoms with E-state index in [9.17, 15) is 43.0 Å². The molecule has 0 amide bonds. The normalized spacial score (nSPS) is 11.6. The summed E-state index contributed by atoms with van der Waals surface area (Å²) in [5, 5.41) is 0. The summed E-state index contributed by atoms with van der Waals surface area (Å²) < 4.78 is 121. The Kier molecular flexibility index (Phi) is 3.89. The third kappa shape index (κ3) is 2.55. The van der Waals surface area contributed by atoms with Gasteiger partial charge in [0.2, 0.25) is 0 Å². The van der Waals surface area contributed by atoms with Gasteiger partial charge in [0, 0.05) is 0 Å². The third-order valence-electron chi connectivity index (χ3n) is 1.85. The molecular formula is C8F8O2S. The van der Waals surface area contributed by atoms with E-state index in [1.165, 1.54) is 0 Å². The van der Waals surface area contributed by atoms with Crippen LogP contribution >= 0.6 is 0 Å². The highest BCUT2D eigenvalue weighted by Crippen LogP contribution is 2.36. The molecule has 0 saturated carbocycles. The molecule has 0 saturated heterocycles. The van der Waals surface area contributed by atoms with Gasteiger partial charge in [0.05, 0.1) is 5.56 Å². The number of rotatable bonds is 2. The van der Waals surface area contributed by atoms with E-state index in [0.717, 1.165) is 0 Å². The van der Waals surface area contributed by atoms with Crippen LogP contribution in [0.3, 0.4) is 0 Å². The predicted molar refractivity (Wildman–Crippen MR) is 44.8 cm³/mol. The van der Waals surface area contributed by atoms with Gasteiger partial charge in [0.25, 0.3) is 0 Å². The Balaban J connectivity index is 4.07. The summed E-state index contributed by atoms with van der Waals surface area (Å²) in [5.41, 5.74) is -2.56. The van der Waals surface area contributed by atoms with Gasteiger partial charge in [-0.2, -0.15) is 17.2 Å². The van der Waals surface area contributed by atoms with E-state index < -0.39 is 55.9 Å². The van der Waals surface area contributed by atoms with Crippen LogP contribution in [0, 0.1) is 23.3 Å². The average Bonchev–Trinajstić information content (AvgIpc) is 2.28. The maximum atomic E-state index is 13.0. The lowest BCUT2D eigenvalue weighted by atomic mass is 10.1. The molecule has 0 fully saturated rings. The van der Waals surface area contributed by atoms with Crippen molar-refractivity contribution in [2.75, 3.05) is 0 Å². The summed E-state index contributed by atoms with van der Waals surface area (Å²) in [6.07, 6.45) is -3.38. The van der Waals surface area contributed by atoms with Gasteiger partial charge < -0.3 is 0 Å². The van der Waals surface area contributed by atoms with E-state index in [2.05, 4.69) is 0 Å². The van der Waals surface area contributed by atoms with Crippen LogP contribution in [0.15, 0.2) is 11.0 Å². The molecule has 1 rings (SSSR count). The van der Waals surface area contributed by atoms with Crippen molar-refractivity contribution in [3.63, 3.8) is 0 Å². The smallest absolute Gasteiger partial charge is 0.203 e. The molecule has 1 aromatic rings. The maximum Gasteiger partial charge on any atom is 0.335 e. The second-order valence-electron chi connectivity index (χ2n) is 2.97. The van der Waals surface area contributed by atoms with Crippen molar-refractivity contribution >= 4 is 16.1 Å². The van der Waals surface area contributed by atoms with Gasteiger partial charge in [-0.25, -0.2) is 22.0 Å². The zero-order valence-electron chi connectivity index (χ0n) is 8.25. The first-order chi connectivity index (χ1) is 8.50. The van der Waals surface area contributed by atoms with E-state index in [4.69, 9.17) is 0 Å². The molecule has 0 aliphatic heterocycles. The highest BCUT2D eigenvalue weighted by molar-refractivity contribution is 7.86. The molecule has 0 radical (unpaired) electrons. The third-order valence-corrected chi connectivity index (χ3v) is 2.72. The fraction of sp³-hybridized carbons (Fsp3) is 0. The van der Waals surface area contributed by atoms with E-state index in [1.807, 2.05) is 0 Å². The van der Waals surface area contributed by atoms with Crippen molar-refractivity contribution in [2.24, 2.45) is 0 Å². The Morgan fingerprint density at radius 3 is 1.58 bits per heavy atom. The second-order valence-corrected chi connectivity index (χ2v) is 4.26. The van der Waals surface area contributed by atoms with Crippen molar-refractivity contribution in [1.82, 2.24) is 0 Å². The molecule has 106 valence electrons. The Hall–Kier alpha value is -1.65. The minimum atomic E-state index is -6.33. The molecule has 0 unspecified atom stereocenters. The molecule has 19 heavy (non-hydrogen) atoms. The van der Waals surface area contributed by atoms with Crippen molar-refractivity contribution in [3.05, 3.63) is 34.9 Å². The number of hydrogen-bond donors (Lipinski definition) is 0. The zero-order valence-corrected chi connectivity index (χ0v) is 9.06. The van der Waals surface area contributed by atoms with E-state index >= 15 is 0 Å². The zero-order chi connectivity index (χ0) is 15.1. The first kappa shape index (κ1) is 15.4. The minimum Gasteiger partial charge on any atom is -0.203 e. The summed E-state index contributed by atoms with van der Waals surface area (Å²) in [5.74, 6) is -14.2. The summed E-state index contributed by atoms with van der Waals surface area (Å²) in [6.45, 7) is 0. The molecule has 1 aromatic carbocycles. The standard InChI is InChI=1S/C8F8O2S/c9-2-1(3(10)8(14)15)7(19(16,17)18)6(13)5(12)4(2)11. The lowest BCUT2D eigenvalue weighted by molar-refractivity contribution is 0.384. The summed E-state index contributed by atoms with van der Waals surface area (Å²) >= 11 is 0. The van der Waals surface area contributed by atoms with Gasteiger partial charge in [-0.15, -0.1) is 3.89 Å². The second kappa shape index (κ2) is 4.79. The average molecular weight is 312 g/mol. The Morgan fingerprint density at radius 1 is 0.789 bits per heavy atom.